The lowest BCUT2D eigenvalue weighted by molar-refractivity contribution is 0.455. The molecule has 134 valence electrons. The molecule has 2 aliphatic heterocycles. The summed E-state index contributed by atoms with van der Waals surface area (Å²) in [6.45, 7) is 4.88. The normalized spacial score (nSPS) is 19.6. The molecule has 1 aromatic rings. The van der Waals surface area contributed by atoms with E-state index in [4.69, 9.17) is 5.73 Å². The highest BCUT2D eigenvalue weighted by Gasteiger charge is 2.12. The number of halogens is 1. The van der Waals surface area contributed by atoms with Crippen molar-refractivity contribution in [3.05, 3.63) is 23.9 Å². The van der Waals surface area contributed by atoms with Gasteiger partial charge in [-0.1, -0.05) is 18.9 Å². The number of nitrogens with zero attached hydrogens (tertiary/aromatic N) is 4. The van der Waals surface area contributed by atoms with E-state index in [1.165, 1.54) is 25.7 Å². The monoisotopic (exact) mass is 461 g/mol. The number of rotatable bonds is 3. The van der Waals surface area contributed by atoms with Crippen molar-refractivity contribution in [1.82, 2.24) is 9.88 Å². The third kappa shape index (κ3) is 5.68. The van der Waals surface area contributed by atoms with Gasteiger partial charge in [-0.15, -0.1) is 24.0 Å². The van der Waals surface area contributed by atoms with Crippen molar-refractivity contribution in [3.63, 3.8) is 0 Å². The van der Waals surface area contributed by atoms with Gasteiger partial charge in [0.2, 0.25) is 0 Å². The third-order valence-electron chi connectivity index (χ3n) is 4.50. The molecule has 24 heavy (non-hydrogen) atoms. The second kappa shape index (κ2) is 10.3. The van der Waals surface area contributed by atoms with E-state index in [0.717, 1.165) is 49.1 Å². The van der Waals surface area contributed by atoms with Gasteiger partial charge in [-0.2, -0.15) is 11.8 Å². The van der Waals surface area contributed by atoms with E-state index < -0.39 is 0 Å². The summed E-state index contributed by atoms with van der Waals surface area (Å²) in [4.78, 5) is 13.7. The predicted molar refractivity (Wildman–Crippen MR) is 115 cm³/mol. The van der Waals surface area contributed by atoms with Crippen LogP contribution in [0.4, 0.5) is 5.82 Å². The topological polar surface area (TPSA) is 57.8 Å². The maximum atomic E-state index is 6.10. The molecule has 3 heterocycles. The van der Waals surface area contributed by atoms with Crippen LogP contribution >= 0.6 is 35.7 Å². The summed E-state index contributed by atoms with van der Waals surface area (Å²) in [5.74, 6) is 4.05. The highest BCUT2D eigenvalue weighted by molar-refractivity contribution is 14.0. The molecule has 0 atom stereocenters. The summed E-state index contributed by atoms with van der Waals surface area (Å²) >= 11 is 1.98. The number of aromatic nitrogens is 1. The molecule has 3 rings (SSSR count). The molecule has 0 unspecified atom stereocenters. The quantitative estimate of drug-likeness (QED) is 0.426. The molecule has 0 spiro atoms. The molecule has 2 fully saturated rings. The van der Waals surface area contributed by atoms with Crippen molar-refractivity contribution in [1.29, 1.82) is 0 Å². The van der Waals surface area contributed by atoms with E-state index in [1.807, 2.05) is 18.0 Å². The van der Waals surface area contributed by atoms with Crippen molar-refractivity contribution in [2.24, 2.45) is 10.7 Å². The van der Waals surface area contributed by atoms with Crippen LogP contribution < -0.4 is 10.6 Å². The van der Waals surface area contributed by atoms with Gasteiger partial charge in [0.25, 0.3) is 0 Å². The molecule has 5 nitrogen and oxygen atoms in total. The summed E-state index contributed by atoms with van der Waals surface area (Å²) in [5, 5.41) is 0. The summed E-state index contributed by atoms with van der Waals surface area (Å²) in [5.41, 5.74) is 7.22. The fourth-order valence-electron chi connectivity index (χ4n) is 3.06. The van der Waals surface area contributed by atoms with Crippen molar-refractivity contribution in [2.45, 2.75) is 32.2 Å². The Morgan fingerprint density at radius 2 is 1.79 bits per heavy atom. The van der Waals surface area contributed by atoms with Gasteiger partial charge in [-0.25, -0.2) is 9.98 Å². The molecule has 0 bridgehead atoms. The molecule has 0 saturated carbocycles. The largest absolute Gasteiger partial charge is 0.370 e. The van der Waals surface area contributed by atoms with Gasteiger partial charge in [0.05, 0.1) is 6.54 Å². The number of guanidine groups is 1. The van der Waals surface area contributed by atoms with Gasteiger partial charge in [0, 0.05) is 43.9 Å². The van der Waals surface area contributed by atoms with Crippen molar-refractivity contribution >= 4 is 47.5 Å². The maximum absolute atomic E-state index is 6.10. The Morgan fingerprint density at radius 3 is 2.42 bits per heavy atom. The highest BCUT2D eigenvalue weighted by Crippen LogP contribution is 2.17. The van der Waals surface area contributed by atoms with E-state index >= 15 is 0 Å². The van der Waals surface area contributed by atoms with Crippen LogP contribution in [0.2, 0.25) is 0 Å². The van der Waals surface area contributed by atoms with E-state index in [-0.39, 0.29) is 24.0 Å². The number of thioether (sulfide) groups is 1. The van der Waals surface area contributed by atoms with Crippen molar-refractivity contribution in [2.75, 3.05) is 42.6 Å². The Morgan fingerprint density at radius 1 is 1.08 bits per heavy atom. The molecular formula is C17H28IN5S. The van der Waals surface area contributed by atoms with Crippen LogP contribution in [0.1, 0.15) is 31.2 Å². The first kappa shape index (κ1) is 19.6. The minimum Gasteiger partial charge on any atom is -0.370 e. The summed E-state index contributed by atoms with van der Waals surface area (Å²) in [7, 11) is 0. The average Bonchev–Trinajstić information content (AvgIpc) is 2.90. The molecule has 7 heteroatoms. The lowest BCUT2D eigenvalue weighted by Gasteiger charge is -2.27. The number of hydrogen-bond acceptors (Lipinski definition) is 4. The molecule has 0 aliphatic carbocycles. The fourth-order valence-corrected chi connectivity index (χ4v) is 3.96. The molecule has 2 N–H and O–H groups in total. The SMILES string of the molecule is I.NC(=NCc1ccc(N2CCCCCC2)nc1)N1CCSCC1. The van der Waals surface area contributed by atoms with Crippen LogP contribution in [0.5, 0.6) is 0 Å². The minimum atomic E-state index is 0. The van der Waals surface area contributed by atoms with E-state index in [0.29, 0.717) is 12.5 Å². The van der Waals surface area contributed by atoms with Gasteiger partial charge >= 0.3 is 0 Å². The van der Waals surface area contributed by atoms with Crippen LogP contribution in [0.15, 0.2) is 23.3 Å². The van der Waals surface area contributed by atoms with Gasteiger partial charge < -0.3 is 15.5 Å². The van der Waals surface area contributed by atoms with Crippen LogP contribution in [0.3, 0.4) is 0 Å². The molecule has 2 aliphatic rings. The first-order valence-electron chi connectivity index (χ1n) is 8.65. The van der Waals surface area contributed by atoms with Gasteiger partial charge in [-0.05, 0) is 24.5 Å². The summed E-state index contributed by atoms with van der Waals surface area (Å²) < 4.78 is 0. The predicted octanol–water partition coefficient (Wildman–Crippen LogP) is 2.94. The zero-order valence-corrected chi connectivity index (χ0v) is 17.3. The van der Waals surface area contributed by atoms with E-state index in [2.05, 4.69) is 31.9 Å². The molecule has 0 aromatic carbocycles. The highest BCUT2D eigenvalue weighted by atomic mass is 127. The molecule has 1 aromatic heterocycles. The minimum absolute atomic E-state index is 0. The average molecular weight is 461 g/mol. The van der Waals surface area contributed by atoms with Crippen LogP contribution in [0, 0.1) is 0 Å². The Bertz CT molecular complexity index is 508. The van der Waals surface area contributed by atoms with E-state index in [1.54, 1.807) is 0 Å². The zero-order chi connectivity index (χ0) is 15.9. The van der Waals surface area contributed by atoms with Gasteiger partial charge in [-0.3, -0.25) is 0 Å². The summed E-state index contributed by atoms with van der Waals surface area (Å²) in [6.07, 6.45) is 7.19. The van der Waals surface area contributed by atoms with E-state index in [9.17, 15) is 0 Å². The molecule has 0 amide bonds. The number of aliphatic imine (C=N–C) groups is 1. The Labute approximate surface area is 166 Å². The molecular weight excluding hydrogens is 433 g/mol. The lowest BCUT2D eigenvalue weighted by atomic mass is 10.2. The molecule has 0 radical (unpaired) electrons. The Balaban J connectivity index is 0.00000208. The lowest BCUT2D eigenvalue weighted by Crippen LogP contribution is -2.42. The number of pyridine rings is 1. The van der Waals surface area contributed by atoms with Gasteiger partial charge in [0.15, 0.2) is 5.96 Å². The van der Waals surface area contributed by atoms with Crippen molar-refractivity contribution in [3.8, 4) is 0 Å². The number of anilines is 1. The standard InChI is InChI=1S/C17H27N5S.HI/c18-17(22-9-11-23-12-10-22)20-14-15-5-6-16(19-13-15)21-7-3-1-2-4-8-21;/h5-6,13H,1-4,7-12,14H2,(H2,18,20);1H. The number of nitrogens with two attached hydrogens (primary N) is 1. The number of hydrogen-bond donors (Lipinski definition) is 1. The molecule has 2 saturated heterocycles. The van der Waals surface area contributed by atoms with Crippen molar-refractivity contribution < 1.29 is 0 Å². The van der Waals surface area contributed by atoms with Crippen LogP contribution in [-0.4, -0.2) is 53.5 Å². The zero-order valence-electron chi connectivity index (χ0n) is 14.2. The Hall–Kier alpha value is -0.700. The second-order valence-corrected chi connectivity index (χ2v) is 7.42. The first-order valence-corrected chi connectivity index (χ1v) is 9.81. The summed E-state index contributed by atoms with van der Waals surface area (Å²) in [6, 6.07) is 4.26. The first-order chi connectivity index (χ1) is 11.3. The fraction of sp³-hybridized carbons (Fsp3) is 0.647. The smallest absolute Gasteiger partial charge is 0.191 e. The van der Waals surface area contributed by atoms with Crippen LogP contribution in [-0.2, 0) is 6.54 Å². The second-order valence-electron chi connectivity index (χ2n) is 6.20. The van der Waals surface area contributed by atoms with Crippen LogP contribution in [0.25, 0.3) is 0 Å². The Kier molecular flexibility index (Phi) is 8.44. The maximum Gasteiger partial charge on any atom is 0.191 e. The van der Waals surface area contributed by atoms with Gasteiger partial charge in [0.1, 0.15) is 5.82 Å². The third-order valence-corrected chi connectivity index (χ3v) is 5.44.